The van der Waals surface area contributed by atoms with Crippen molar-refractivity contribution in [2.75, 3.05) is 5.32 Å². The van der Waals surface area contributed by atoms with Crippen molar-refractivity contribution in [2.24, 2.45) is 0 Å². The molecule has 6 heteroatoms. The Morgan fingerprint density at radius 3 is 2.27 bits per heavy atom. The van der Waals surface area contributed by atoms with Crippen molar-refractivity contribution < 1.29 is 14.5 Å². The molecular weight excluding hydrogens is 332 g/mol. The first-order chi connectivity index (χ1) is 12.5. The van der Waals surface area contributed by atoms with E-state index in [9.17, 15) is 14.9 Å². The Kier molecular flexibility index (Phi) is 4.94. The fourth-order valence-electron chi connectivity index (χ4n) is 2.38. The van der Waals surface area contributed by atoms with Crippen molar-refractivity contribution in [1.82, 2.24) is 0 Å². The van der Waals surface area contributed by atoms with E-state index in [0.29, 0.717) is 17.0 Å². The molecule has 3 aromatic carbocycles. The van der Waals surface area contributed by atoms with Gasteiger partial charge in [-0.15, -0.1) is 0 Å². The van der Waals surface area contributed by atoms with E-state index in [0.717, 1.165) is 5.75 Å². The molecule has 0 fully saturated rings. The van der Waals surface area contributed by atoms with E-state index in [1.165, 1.54) is 6.07 Å². The highest BCUT2D eigenvalue weighted by Gasteiger charge is 2.15. The Labute approximate surface area is 150 Å². The lowest BCUT2D eigenvalue weighted by molar-refractivity contribution is -0.385. The quantitative estimate of drug-likeness (QED) is 0.522. The number of nitro groups is 1. The van der Waals surface area contributed by atoms with Crippen LogP contribution in [0.2, 0.25) is 0 Å². The maximum Gasteiger partial charge on any atom is 0.273 e. The number of para-hydroxylation sites is 1. The fourth-order valence-corrected chi connectivity index (χ4v) is 2.38. The summed E-state index contributed by atoms with van der Waals surface area (Å²) in [6.45, 7) is 1.63. The molecule has 0 unspecified atom stereocenters. The van der Waals surface area contributed by atoms with E-state index in [1.54, 1.807) is 43.3 Å². The van der Waals surface area contributed by atoms with Crippen LogP contribution in [0.5, 0.6) is 11.5 Å². The summed E-state index contributed by atoms with van der Waals surface area (Å²) in [6, 6.07) is 20.6. The SMILES string of the molecule is Cc1ccc(C(=O)Nc2ccc(Oc3ccccc3)cc2)cc1[N+](=O)[O-]. The van der Waals surface area contributed by atoms with Gasteiger partial charge in [0.2, 0.25) is 0 Å². The molecule has 0 atom stereocenters. The van der Waals surface area contributed by atoms with Crippen molar-refractivity contribution in [2.45, 2.75) is 6.92 Å². The fraction of sp³-hybridized carbons (Fsp3) is 0.0500. The molecule has 0 saturated heterocycles. The Hall–Kier alpha value is -3.67. The highest BCUT2D eigenvalue weighted by molar-refractivity contribution is 6.04. The van der Waals surface area contributed by atoms with Gasteiger partial charge in [-0.3, -0.25) is 14.9 Å². The lowest BCUT2D eigenvalue weighted by atomic mass is 10.1. The van der Waals surface area contributed by atoms with Crippen molar-refractivity contribution in [1.29, 1.82) is 0 Å². The van der Waals surface area contributed by atoms with Gasteiger partial charge in [0.15, 0.2) is 0 Å². The number of hydrogen-bond acceptors (Lipinski definition) is 4. The molecule has 130 valence electrons. The maximum absolute atomic E-state index is 12.3. The third-order valence-electron chi connectivity index (χ3n) is 3.76. The molecule has 0 heterocycles. The minimum atomic E-state index is -0.498. The Bertz CT molecular complexity index is 938. The van der Waals surface area contributed by atoms with Crippen LogP contribution < -0.4 is 10.1 Å². The Morgan fingerprint density at radius 1 is 0.962 bits per heavy atom. The van der Waals surface area contributed by atoms with E-state index in [1.807, 2.05) is 30.3 Å². The number of carbonyl (C=O) groups excluding carboxylic acids is 1. The van der Waals surface area contributed by atoms with Gasteiger partial charge < -0.3 is 10.1 Å². The molecule has 0 bridgehead atoms. The molecule has 0 aromatic heterocycles. The van der Waals surface area contributed by atoms with Gasteiger partial charge >= 0.3 is 0 Å². The highest BCUT2D eigenvalue weighted by atomic mass is 16.6. The van der Waals surface area contributed by atoms with E-state index in [-0.39, 0.29) is 11.3 Å². The molecule has 0 radical (unpaired) electrons. The summed E-state index contributed by atoms with van der Waals surface area (Å²) in [5, 5.41) is 13.7. The number of ether oxygens (including phenoxy) is 1. The van der Waals surface area contributed by atoms with Gasteiger partial charge in [0, 0.05) is 22.9 Å². The number of hydrogen-bond donors (Lipinski definition) is 1. The first-order valence-corrected chi connectivity index (χ1v) is 7.92. The number of amides is 1. The summed E-state index contributed by atoms with van der Waals surface area (Å²) in [4.78, 5) is 22.8. The number of rotatable bonds is 5. The van der Waals surface area contributed by atoms with Gasteiger partial charge in [0.05, 0.1) is 4.92 Å². The zero-order valence-electron chi connectivity index (χ0n) is 14.0. The number of nitro benzene ring substituents is 1. The second-order valence-corrected chi connectivity index (χ2v) is 5.65. The molecule has 6 nitrogen and oxygen atoms in total. The Morgan fingerprint density at radius 2 is 1.62 bits per heavy atom. The first-order valence-electron chi connectivity index (χ1n) is 7.92. The van der Waals surface area contributed by atoms with Gasteiger partial charge in [-0.2, -0.15) is 0 Å². The highest BCUT2D eigenvalue weighted by Crippen LogP contribution is 2.24. The van der Waals surface area contributed by atoms with E-state index < -0.39 is 10.8 Å². The minimum Gasteiger partial charge on any atom is -0.457 e. The van der Waals surface area contributed by atoms with Gasteiger partial charge in [0.1, 0.15) is 11.5 Å². The van der Waals surface area contributed by atoms with Gasteiger partial charge in [-0.1, -0.05) is 24.3 Å². The monoisotopic (exact) mass is 348 g/mol. The van der Waals surface area contributed by atoms with E-state index >= 15 is 0 Å². The number of aryl methyl sites for hydroxylation is 1. The average Bonchev–Trinajstić information content (AvgIpc) is 2.64. The van der Waals surface area contributed by atoms with Crippen LogP contribution in [0.4, 0.5) is 11.4 Å². The second-order valence-electron chi connectivity index (χ2n) is 5.65. The van der Waals surface area contributed by atoms with Gasteiger partial charge in [-0.05, 0) is 49.4 Å². The van der Waals surface area contributed by atoms with Gasteiger partial charge in [-0.25, -0.2) is 0 Å². The van der Waals surface area contributed by atoms with E-state index in [2.05, 4.69) is 5.32 Å². The molecule has 0 aliphatic rings. The van der Waals surface area contributed by atoms with Crippen molar-refractivity contribution in [3.8, 4) is 11.5 Å². The predicted molar refractivity (Wildman–Crippen MR) is 98.7 cm³/mol. The molecule has 26 heavy (non-hydrogen) atoms. The number of benzene rings is 3. The number of anilines is 1. The third-order valence-corrected chi connectivity index (χ3v) is 3.76. The standard InChI is InChI=1S/C20H16N2O4/c1-14-7-8-15(13-19(14)22(24)25)20(23)21-16-9-11-18(12-10-16)26-17-5-3-2-4-6-17/h2-13H,1H3,(H,21,23). The summed E-state index contributed by atoms with van der Waals surface area (Å²) in [6.07, 6.45) is 0. The first kappa shape index (κ1) is 17.2. The van der Waals surface area contributed by atoms with Gasteiger partial charge in [0.25, 0.3) is 11.6 Å². The van der Waals surface area contributed by atoms with Crippen molar-refractivity contribution >= 4 is 17.3 Å². The molecule has 3 rings (SSSR count). The van der Waals surface area contributed by atoms with Crippen LogP contribution in [0.15, 0.2) is 72.8 Å². The van der Waals surface area contributed by atoms with Crippen LogP contribution in [-0.4, -0.2) is 10.8 Å². The predicted octanol–water partition coefficient (Wildman–Crippen LogP) is 4.95. The third kappa shape index (κ3) is 4.05. The lowest BCUT2D eigenvalue weighted by Gasteiger charge is -2.08. The summed E-state index contributed by atoms with van der Waals surface area (Å²) in [5.74, 6) is 0.946. The van der Waals surface area contributed by atoms with Crippen LogP contribution >= 0.6 is 0 Å². The van der Waals surface area contributed by atoms with Crippen LogP contribution in [0, 0.1) is 17.0 Å². The topological polar surface area (TPSA) is 81.5 Å². The van der Waals surface area contributed by atoms with Crippen molar-refractivity contribution in [3.05, 3.63) is 94.0 Å². The summed E-state index contributed by atoms with van der Waals surface area (Å²) < 4.78 is 5.69. The minimum absolute atomic E-state index is 0.0794. The summed E-state index contributed by atoms with van der Waals surface area (Å²) >= 11 is 0. The molecule has 0 saturated carbocycles. The maximum atomic E-state index is 12.3. The lowest BCUT2D eigenvalue weighted by Crippen LogP contribution is -2.12. The molecule has 3 aromatic rings. The zero-order chi connectivity index (χ0) is 18.5. The van der Waals surface area contributed by atoms with Crippen LogP contribution in [0.25, 0.3) is 0 Å². The number of nitrogens with zero attached hydrogens (tertiary/aromatic N) is 1. The molecular formula is C20H16N2O4. The average molecular weight is 348 g/mol. The molecule has 0 spiro atoms. The van der Waals surface area contributed by atoms with E-state index in [4.69, 9.17) is 4.74 Å². The summed E-state index contributed by atoms with van der Waals surface area (Å²) in [7, 11) is 0. The number of nitrogens with one attached hydrogen (secondary N) is 1. The molecule has 1 N–H and O–H groups in total. The van der Waals surface area contributed by atoms with Crippen LogP contribution in [0.3, 0.4) is 0 Å². The second kappa shape index (κ2) is 7.48. The normalized spacial score (nSPS) is 10.2. The van der Waals surface area contributed by atoms with Crippen LogP contribution in [-0.2, 0) is 0 Å². The number of carbonyl (C=O) groups is 1. The largest absolute Gasteiger partial charge is 0.457 e. The van der Waals surface area contributed by atoms with Crippen LogP contribution in [0.1, 0.15) is 15.9 Å². The Balaban J connectivity index is 1.70. The molecule has 1 amide bonds. The zero-order valence-corrected chi connectivity index (χ0v) is 14.0. The smallest absolute Gasteiger partial charge is 0.273 e. The van der Waals surface area contributed by atoms with Crippen molar-refractivity contribution in [3.63, 3.8) is 0 Å². The molecule has 0 aliphatic heterocycles. The molecule has 0 aliphatic carbocycles. The summed E-state index contributed by atoms with van der Waals surface area (Å²) in [5.41, 5.74) is 1.23.